The van der Waals surface area contributed by atoms with Gasteiger partial charge in [0.15, 0.2) is 0 Å². The van der Waals surface area contributed by atoms with Crippen molar-refractivity contribution < 1.29 is 8.85 Å². The molecule has 1 heterocycles. The first-order chi connectivity index (χ1) is 9.33. The second kappa shape index (κ2) is 10.8. The van der Waals surface area contributed by atoms with Crippen molar-refractivity contribution in [3.63, 3.8) is 0 Å². The lowest BCUT2D eigenvalue weighted by atomic mass is 9.78. The van der Waals surface area contributed by atoms with Crippen molar-refractivity contribution in [2.75, 3.05) is 26.3 Å². The first kappa shape index (κ1) is 17.1. The number of likely N-dealkylation sites (tertiary alicyclic amines) is 1. The van der Waals surface area contributed by atoms with E-state index in [-0.39, 0.29) is 0 Å². The standard InChI is InChI=1S/C11H21N.C4H12O2Si/c1-2-12-9-5-7-10-6-3-4-8-11(10)12;1-3-5-7-6-4-2/h10-11H,2-9H2,1H3;3-4,7H2,1-2H3. The van der Waals surface area contributed by atoms with E-state index in [0.29, 0.717) is 0 Å². The summed E-state index contributed by atoms with van der Waals surface area (Å²) in [5.74, 6) is 1.06. The SMILES string of the molecule is CCN1CCCC2CCCCC21.CCO[SiH2]OCC. The van der Waals surface area contributed by atoms with Gasteiger partial charge in [-0.25, -0.2) is 0 Å². The monoisotopic (exact) mass is 287 g/mol. The molecule has 0 spiro atoms. The van der Waals surface area contributed by atoms with Crippen LogP contribution in [0.15, 0.2) is 0 Å². The van der Waals surface area contributed by atoms with Crippen LogP contribution in [-0.4, -0.2) is 47.3 Å². The van der Waals surface area contributed by atoms with E-state index in [1.165, 1.54) is 51.6 Å². The van der Waals surface area contributed by atoms with Crippen molar-refractivity contribution in [1.82, 2.24) is 4.90 Å². The Morgan fingerprint density at radius 3 is 2.21 bits per heavy atom. The largest absolute Gasteiger partial charge is 0.399 e. The molecule has 4 heteroatoms. The molecule has 0 aromatic heterocycles. The maximum Gasteiger partial charge on any atom is 0.304 e. The van der Waals surface area contributed by atoms with Gasteiger partial charge in [0.05, 0.1) is 0 Å². The Kier molecular flexibility index (Phi) is 9.78. The summed E-state index contributed by atoms with van der Waals surface area (Å²) in [5.41, 5.74) is 0. The predicted octanol–water partition coefficient (Wildman–Crippen LogP) is 2.72. The minimum absolute atomic E-state index is 0.589. The highest BCUT2D eigenvalue weighted by Crippen LogP contribution is 2.34. The van der Waals surface area contributed by atoms with Crippen LogP contribution in [0.25, 0.3) is 0 Å². The summed E-state index contributed by atoms with van der Waals surface area (Å²) < 4.78 is 9.98. The molecular weight excluding hydrogens is 254 g/mol. The van der Waals surface area contributed by atoms with E-state index in [4.69, 9.17) is 8.85 Å². The Labute approximate surface area is 122 Å². The molecule has 0 bridgehead atoms. The van der Waals surface area contributed by atoms with Gasteiger partial charge in [-0.2, -0.15) is 0 Å². The third-order valence-electron chi connectivity index (χ3n) is 4.34. The van der Waals surface area contributed by atoms with Gasteiger partial charge in [-0.1, -0.05) is 19.8 Å². The molecule has 1 saturated heterocycles. The smallest absolute Gasteiger partial charge is 0.304 e. The van der Waals surface area contributed by atoms with Crippen molar-refractivity contribution in [3.8, 4) is 0 Å². The molecule has 2 unspecified atom stereocenters. The molecule has 0 aromatic carbocycles. The maximum absolute atomic E-state index is 4.99. The summed E-state index contributed by atoms with van der Waals surface area (Å²) in [4.78, 5) is 2.72. The van der Waals surface area contributed by atoms with Gasteiger partial charge in [0.25, 0.3) is 0 Å². The zero-order valence-electron chi connectivity index (χ0n) is 13.2. The maximum atomic E-state index is 4.99. The highest BCUT2D eigenvalue weighted by atomic mass is 28.3. The normalized spacial score (nSPS) is 27.3. The molecule has 2 rings (SSSR count). The average Bonchev–Trinajstić information content (AvgIpc) is 2.48. The van der Waals surface area contributed by atoms with Crippen LogP contribution in [0, 0.1) is 5.92 Å². The zero-order chi connectivity index (χ0) is 13.9. The fraction of sp³-hybridized carbons (Fsp3) is 1.00. The lowest BCUT2D eigenvalue weighted by Gasteiger charge is -2.43. The van der Waals surface area contributed by atoms with E-state index in [2.05, 4.69) is 11.8 Å². The minimum Gasteiger partial charge on any atom is -0.399 e. The fourth-order valence-corrected chi connectivity index (χ4v) is 3.80. The Bertz CT molecular complexity index is 204. The quantitative estimate of drug-likeness (QED) is 0.573. The summed E-state index contributed by atoms with van der Waals surface area (Å²) in [6, 6.07) is 0.970. The summed E-state index contributed by atoms with van der Waals surface area (Å²) in [7, 11) is -0.589. The van der Waals surface area contributed by atoms with E-state index in [1.54, 1.807) is 0 Å². The Morgan fingerprint density at radius 2 is 1.58 bits per heavy atom. The molecular formula is C15H33NO2Si. The van der Waals surface area contributed by atoms with Gasteiger partial charge in [0, 0.05) is 19.3 Å². The molecule has 1 saturated carbocycles. The van der Waals surface area contributed by atoms with Crippen LogP contribution in [0.2, 0.25) is 0 Å². The van der Waals surface area contributed by atoms with Crippen molar-refractivity contribution >= 4 is 10.0 Å². The van der Waals surface area contributed by atoms with Crippen LogP contribution in [0.1, 0.15) is 59.3 Å². The molecule has 0 aromatic rings. The number of nitrogens with zero attached hydrogens (tertiary/aromatic N) is 1. The van der Waals surface area contributed by atoms with Crippen LogP contribution in [0.3, 0.4) is 0 Å². The van der Waals surface area contributed by atoms with Gasteiger partial charge in [-0.3, -0.25) is 0 Å². The molecule has 2 atom stereocenters. The van der Waals surface area contributed by atoms with Gasteiger partial charge < -0.3 is 13.8 Å². The second-order valence-electron chi connectivity index (χ2n) is 5.49. The number of rotatable bonds is 5. The molecule has 3 nitrogen and oxygen atoms in total. The van der Waals surface area contributed by atoms with E-state index >= 15 is 0 Å². The molecule has 114 valence electrons. The average molecular weight is 288 g/mol. The van der Waals surface area contributed by atoms with Crippen LogP contribution in [0.4, 0.5) is 0 Å². The summed E-state index contributed by atoms with van der Waals surface area (Å²) in [6.07, 6.45) is 8.95. The van der Waals surface area contributed by atoms with Gasteiger partial charge in [-0.05, 0) is 58.5 Å². The topological polar surface area (TPSA) is 21.7 Å². The first-order valence-corrected chi connectivity index (χ1v) is 9.38. The molecule has 0 radical (unpaired) electrons. The summed E-state index contributed by atoms with van der Waals surface area (Å²) in [5, 5.41) is 0. The van der Waals surface area contributed by atoms with E-state index < -0.39 is 10.0 Å². The van der Waals surface area contributed by atoms with Crippen molar-refractivity contribution in [2.24, 2.45) is 5.92 Å². The zero-order valence-corrected chi connectivity index (χ0v) is 14.6. The lowest BCUT2D eigenvalue weighted by molar-refractivity contribution is 0.0657. The first-order valence-electron chi connectivity index (χ1n) is 8.22. The van der Waals surface area contributed by atoms with E-state index in [0.717, 1.165) is 25.2 Å². The van der Waals surface area contributed by atoms with E-state index in [9.17, 15) is 0 Å². The molecule has 0 N–H and O–H groups in total. The van der Waals surface area contributed by atoms with Crippen molar-refractivity contribution in [1.29, 1.82) is 0 Å². The fourth-order valence-electron chi connectivity index (χ4n) is 3.35. The number of piperidine rings is 1. The van der Waals surface area contributed by atoms with Crippen LogP contribution in [-0.2, 0) is 8.85 Å². The van der Waals surface area contributed by atoms with Crippen LogP contribution < -0.4 is 0 Å². The van der Waals surface area contributed by atoms with Crippen molar-refractivity contribution in [2.45, 2.75) is 65.3 Å². The molecule has 1 aliphatic carbocycles. The highest BCUT2D eigenvalue weighted by Gasteiger charge is 2.31. The number of hydrogen-bond donors (Lipinski definition) is 0. The molecule has 2 aliphatic rings. The van der Waals surface area contributed by atoms with Crippen LogP contribution >= 0.6 is 0 Å². The van der Waals surface area contributed by atoms with Gasteiger partial charge in [-0.15, -0.1) is 0 Å². The predicted molar refractivity (Wildman–Crippen MR) is 84.0 cm³/mol. The Hall–Kier alpha value is 0.0969. The van der Waals surface area contributed by atoms with Gasteiger partial charge in [0.2, 0.25) is 0 Å². The third-order valence-corrected chi connectivity index (χ3v) is 5.49. The van der Waals surface area contributed by atoms with E-state index in [1.807, 2.05) is 13.8 Å². The Balaban J connectivity index is 0.000000224. The second-order valence-corrected chi connectivity index (χ2v) is 6.54. The summed E-state index contributed by atoms with van der Waals surface area (Å²) >= 11 is 0. The molecule has 1 aliphatic heterocycles. The summed E-state index contributed by atoms with van der Waals surface area (Å²) in [6.45, 7) is 10.5. The van der Waals surface area contributed by atoms with Gasteiger partial charge in [0.1, 0.15) is 0 Å². The molecule has 19 heavy (non-hydrogen) atoms. The lowest BCUT2D eigenvalue weighted by Crippen LogP contribution is -2.46. The highest BCUT2D eigenvalue weighted by molar-refractivity contribution is 6.17. The number of fused-ring (bicyclic) bond motifs is 1. The van der Waals surface area contributed by atoms with Gasteiger partial charge >= 0.3 is 10.0 Å². The minimum atomic E-state index is -0.589. The van der Waals surface area contributed by atoms with Crippen molar-refractivity contribution in [3.05, 3.63) is 0 Å². The van der Waals surface area contributed by atoms with Crippen LogP contribution in [0.5, 0.6) is 0 Å². The Morgan fingerprint density at radius 1 is 0.947 bits per heavy atom. The third kappa shape index (κ3) is 6.39. The molecule has 0 amide bonds. The number of hydrogen-bond acceptors (Lipinski definition) is 3. The molecule has 2 fully saturated rings.